The number of rotatable bonds is 4. The summed E-state index contributed by atoms with van der Waals surface area (Å²) in [5.74, 6) is -0.517. The topological polar surface area (TPSA) is 84.5 Å². The summed E-state index contributed by atoms with van der Waals surface area (Å²) < 4.78 is 6.91. The third-order valence-corrected chi connectivity index (χ3v) is 5.77. The molecule has 2 aromatic heterocycles. The normalized spacial score (nSPS) is 13.4. The molecule has 0 bridgehead atoms. The molecule has 0 atom stereocenters. The summed E-state index contributed by atoms with van der Waals surface area (Å²) in [5.41, 5.74) is 2.76. The molecule has 3 aromatic rings. The van der Waals surface area contributed by atoms with Crippen molar-refractivity contribution in [3.8, 4) is 6.07 Å². The Morgan fingerprint density at radius 2 is 2.07 bits per heavy atom. The average Bonchev–Trinajstić information content (AvgIpc) is 3.10. The number of thiazole rings is 1. The molecule has 0 amide bonds. The van der Waals surface area contributed by atoms with Crippen molar-refractivity contribution in [2.24, 2.45) is 0 Å². The molecule has 2 heterocycles. The molecule has 1 aliphatic carbocycles. The predicted molar refractivity (Wildman–Crippen MR) is 106 cm³/mol. The number of ether oxygens (including phenoxy) is 1. The zero-order chi connectivity index (χ0) is 19.5. The lowest BCUT2D eigenvalue weighted by molar-refractivity contribution is -0.139. The van der Waals surface area contributed by atoms with E-state index in [0.717, 1.165) is 36.9 Å². The zero-order valence-electron chi connectivity index (χ0n) is 15.1. The Bertz CT molecular complexity index is 1170. The van der Waals surface area contributed by atoms with Crippen molar-refractivity contribution in [2.75, 3.05) is 0 Å². The fourth-order valence-electron chi connectivity index (χ4n) is 3.24. The van der Waals surface area contributed by atoms with Crippen molar-refractivity contribution in [2.45, 2.75) is 32.3 Å². The Labute approximate surface area is 165 Å². The van der Waals surface area contributed by atoms with E-state index in [1.165, 1.54) is 17.0 Å². The molecule has 0 fully saturated rings. The van der Waals surface area contributed by atoms with Gasteiger partial charge in [-0.3, -0.25) is 9.20 Å². The van der Waals surface area contributed by atoms with Crippen LogP contribution in [0, 0.1) is 11.3 Å². The molecule has 0 unspecified atom stereocenters. The van der Waals surface area contributed by atoms with Crippen LogP contribution in [0.25, 0.3) is 11.0 Å². The first-order chi connectivity index (χ1) is 13.6. The fraction of sp³-hybridized carbons (Fsp3) is 0.238. The summed E-state index contributed by atoms with van der Waals surface area (Å²) in [5, 5.41) is 8.79. The monoisotopic (exact) mass is 391 g/mol. The molecule has 4 rings (SSSR count). The number of aryl methyl sites for hydroxylation is 2. The lowest BCUT2D eigenvalue weighted by atomic mass is 10.0. The van der Waals surface area contributed by atoms with Crippen molar-refractivity contribution in [3.05, 3.63) is 74.2 Å². The largest absolute Gasteiger partial charge is 0.456 e. The van der Waals surface area contributed by atoms with Crippen molar-refractivity contribution in [3.63, 3.8) is 0 Å². The lowest BCUT2D eigenvalue weighted by Gasteiger charge is -2.10. The second-order valence-corrected chi connectivity index (χ2v) is 7.62. The first-order valence-electron chi connectivity index (χ1n) is 9.02. The number of nitrogens with zero attached hydrogens (tertiary/aromatic N) is 3. The van der Waals surface area contributed by atoms with E-state index in [4.69, 9.17) is 10.00 Å². The third-order valence-electron chi connectivity index (χ3n) is 4.63. The van der Waals surface area contributed by atoms with Crippen LogP contribution in [0.4, 0.5) is 0 Å². The van der Waals surface area contributed by atoms with Crippen LogP contribution in [0.2, 0.25) is 0 Å². The van der Waals surface area contributed by atoms with Crippen LogP contribution in [0.3, 0.4) is 0 Å². The van der Waals surface area contributed by atoms with Crippen LogP contribution in [0.15, 0.2) is 41.2 Å². The Kier molecular flexibility index (Phi) is 5.04. The highest BCUT2D eigenvalue weighted by Crippen LogP contribution is 2.28. The van der Waals surface area contributed by atoms with E-state index in [1.807, 2.05) is 6.07 Å². The molecule has 1 aliphatic rings. The zero-order valence-corrected chi connectivity index (χ0v) is 15.9. The van der Waals surface area contributed by atoms with E-state index in [-0.39, 0.29) is 12.2 Å². The quantitative estimate of drug-likeness (QED) is 0.503. The summed E-state index contributed by atoms with van der Waals surface area (Å²) in [6.45, 7) is -0.0507. The highest BCUT2D eigenvalue weighted by Gasteiger charge is 2.18. The summed E-state index contributed by atoms with van der Waals surface area (Å²) in [6.07, 6.45) is 7.07. The number of nitriles is 1. The molecule has 28 heavy (non-hydrogen) atoms. The molecular weight excluding hydrogens is 374 g/mol. The van der Waals surface area contributed by atoms with Crippen molar-refractivity contribution < 1.29 is 9.53 Å². The minimum absolute atomic E-state index is 0.0507. The van der Waals surface area contributed by atoms with Crippen LogP contribution >= 0.6 is 11.3 Å². The number of hydrogen-bond donors (Lipinski definition) is 0. The first-order valence-corrected chi connectivity index (χ1v) is 9.84. The van der Waals surface area contributed by atoms with Gasteiger partial charge in [0.1, 0.15) is 6.61 Å². The summed E-state index contributed by atoms with van der Waals surface area (Å²) >= 11 is 1.55. The SMILES string of the molecule is N#Cc1ccc(/C=C/C(=O)OCc2cc(=O)n3c4c(sc3n2)CCCC4)cc1. The molecule has 7 heteroatoms. The summed E-state index contributed by atoms with van der Waals surface area (Å²) in [7, 11) is 0. The van der Waals surface area contributed by atoms with E-state index in [9.17, 15) is 9.59 Å². The molecule has 0 radical (unpaired) electrons. The molecule has 0 saturated heterocycles. The number of carbonyl (C=O) groups excluding carboxylic acids is 1. The standard InChI is InChI=1S/C21H17N3O3S/c22-12-15-7-5-14(6-8-15)9-10-20(26)27-13-16-11-19(25)24-17-3-1-2-4-18(17)28-21(24)23-16/h5-11H,1-4,13H2/b10-9+. The number of benzene rings is 1. The lowest BCUT2D eigenvalue weighted by Crippen LogP contribution is -2.18. The van der Waals surface area contributed by atoms with Crippen LogP contribution < -0.4 is 5.56 Å². The number of aromatic nitrogens is 2. The molecule has 0 N–H and O–H groups in total. The number of carbonyl (C=O) groups is 1. The Balaban J connectivity index is 1.45. The second-order valence-electron chi connectivity index (χ2n) is 6.56. The van der Waals surface area contributed by atoms with Crippen LogP contribution in [0.5, 0.6) is 0 Å². The van der Waals surface area contributed by atoms with Crippen LogP contribution in [-0.2, 0) is 29.0 Å². The van der Waals surface area contributed by atoms with E-state index in [1.54, 1.807) is 46.1 Å². The van der Waals surface area contributed by atoms with Crippen LogP contribution in [0.1, 0.15) is 40.2 Å². The van der Waals surface area contributed by atoms with Crippen molar-refractivity contribution in [1.82, 2.24) is 9.38 Å². The number of hydrogen-bond acceptors (Lipinski definition) is 6. The molecule has 6 nitrogen and oxygen atoms in total. The van der Waals surface area contributed by atoms with Gasteiger partial charge in [-0.05, 0) is 49.5 Å². The van der Waals surface area contributed by atoms with E-state index in [0.29, 0.717) is 16.2 Å². The predicted octanol–water partition coefficient (Wildman–Crippen LogP) is 3.26. The number of esters is 1. The highest BCUT2D eigenvalue weighted by molar-refractivity contribution is 7.17. The van der Waals surface area contributed by atoms with Gasteiger partial charge >= 0.3 is 5.97 Å². The van der Waals surface area contributed by atoms with Gasteiger partial charge in [0, 0.05) is 22.7 Å². The van der Waals surface area contributed by atoms with Gasteiger partial charge in [0.05, 0.1) is 17.3 Å². The molecule has 140 valence electrons. The maximum atomic E-state index is 12.5. The fourth-order valence-corrected chi connectivity index (χ4v) is 4.47. The first kappa shape index (κ1) is 18.1. The maximum absolute atomic E-state index is 12.5. The molecule has 1 aromatic carbocycles. The second kappa shape index (κ2) is 7.79. The van der Waals surface area contributed by atoms with Gasteiger partial charge in [-0.1, -0.05) is 12.1 Å². The maximum Gasteiger partial charge on any atom is 0.331 e. The van der Waals surface area contributed by atoms with E-state index >= 15 is 0 Å². The van der Waals surface area contributed by atoms with Gasteiger partial charge in [-0.2, -0.15) is 5.26 Å². The van der Waals surface area contributed by atoms with Gasteiger partial charge in [0.2, 0.25) is 0 Å². The van der Waals surface area contributed by atoms with Gasteiger partial charge in [-0.25, -0.2) is 9.78 Å². The average molecular weight is 391 g/mol. The highest BCUT2D eigenvalue weighted by atomic mass is 32.1. The molecule has 0 spiro atoms. The number of fused-ring (bicyclic) bond motifs is 3. The van der Waals surface area contributed by atoms with Gasteiger partial charge in [0.15, 0.2) is 4.96 Å². The molecule has 0 saturated carbocycles. The third kappa shape index (κ3) is 3.73. The molecular formula is C21H17N3O3S. The van der Waals surface area contributed by atoms with Gasteiger partial charge in [-0.15, -0.1) is 11.3 Å². The van der Waals surface area contributed by atoms with Gasteiger partial charge in [0.25, 0.3) is 5.56 Å². The molecule has 0 aliphatic heterocycles. The minimum atomic E-state index is -0.517. The summed E-state index contributed by atoms with van der Waals surface area (Å²) in [4.78, 5) is 30.8. The Morgan fingerprint density at radius 1 is 1.29 bits per heavy atom. The van der Waals surface area contributed by atoms with E-state index < -0.39 is 5.97 Å². The van der Waals surface area contributed by atoms with Crippen LogP contribution in [-0.4, -0.2) is 15.4 Å². The van der Waals surface area contributed by atoms with E-state index in [2.05, 4.69) is 4.98 Å². The van der Waals surface area contributed by atoms with Crippen molar-refractivity contribution >= 4 is 28.3 Å². The Hall–Kier alpha value is -3.24. The van der Waals surface area contributed by atoms with Crippen molar-refractivity contribution in [1.29, 1.82) is 5.26 Å². The van der Waals surface area contributed by atoms with Gasteiger partial charge < -0.3 is 4.74 Å². The smallest absolute Gasteiger partial charge is 0.331 e. The summed E-state index contributed by atoms with van der Waals surface area (Å²) in [6, 6.07) is 10.3. The minimum Gasteiger partial charge on any atom is -0.456 e. The Morgan fingerprint density at radius 3 is 2.86 bits per heavy atom.